The summed E-state index contributed by atoms with van der Waals surface area (Å²) in [4.78, 5) is 0. The summed E-state index contributed by atoms with van der Waals surface area (Å²) in [6.07, 6.45) is 0. The minimum atomic E-state index is -3.36. The number of benzene rings is 1. The number of hydrogen-bond donors (Lipinski definition) is 2. The average molecular weight is 279 g/mol. The van der Waals surface area contributed by atoms with Crippen LogP contribution in [0.4, 0.5) is 0 Å². The summed E-state index contributed by atoms with van der Waals surface area (Å²) in [5, 5.41) is 0.458. The van der Waals surface area contributed by atoms with Crippen LogP contribution in [0.1, 0.15) is 5.56 Å². The molecule has 0 saturated heterocycles. The average Bonchev–Trinajstić information content (AvgIpc) is 2.27. The van der Waals surface area contributed by atoms with Crippen LogP contribution in [0.3, 0.4) is 0 Å². The lowest BCUT2D eigenvalue weighted by Gasteiger charge is -2.11. The molecule has 0 heterocycles. The van der Waals surface area contributed by atoms with Gasteiger partial charge in [0.2, 0.25) is 10.0 Å². The van der Waals surface area contributed by atoms with Gasteiger partial charge in [0.25, 0.3) is 0 Å². The van der Waals surface area contributed by atoms with Crippen molar-refractivity contribution in [3.63, 3.8) is 0 Å². The van der Waals surface area contributed by atoms with Crippen LogP contribution in [0, 0.1) is 0 Å². The Balaban J connectivity index is 2.82. The monoisotopic (exact) mass is 278 g/mol. The van der Waals surface area contributed by atoms with Crippen LogP contribution in [0.25, 0.3) is 0 Å². The van der Waals surface area contributed by atoms with Crippen molar-refractivity contribution >= 4 is 21.6 Å². The van der Waals surface area contributed by atoms with Crippen LogP contribution < -0.4 is 15.2 Å². The highest BCUT2D eigenvalue weighted by molar-refractivity contribution is 7.89. The van der Waals surface area contributed by atoms with Crippen molar-refractivity contribution in [1.82, 2.24) is 4.72 Å². The van der Waals surface area contributed by atoms with Crippen LogP contribution in [0.2, 0.25) is 5.02 Å². The fourth-order valence-electron chi connectivity index (χ4n) is 1.31. The largest absolute Gasteiger partial charge is 0.496 e. The van der Waals surface area contributed by atoms with Gasteiger partial charge in [0.1, 0.15) is 5.75 Å². The maximum Gasteiger partial charge on any atom is 0.213 e. The van der Waals surface area contributed by atoms with Crippen molar-refractivity contribution < 1.29 is 13.2 Å². The molecule has 1 aromatic carbocycles. The molecule has 0 radical (unpaired) electrons. The molecule has 96 valence electrons. The van der Waals surface area contributed by atoms with E-state index in [2.05, 4.69) is 4.72 Å². The molecular weight excluding hydrogens is 264 g/mol. The minimum Gasteiger partial charge on any atom is -0.496 e. The van der Waals surface area contributed by atoms with E-state index in [0.29, 0.717) is 16.3 Å². The lowest BCUT2D eigenvalue weighted by atomic mass is 10.2. The predicted octanol–water partition coefficient (Wildman–Crippen LogP) is 0.727. The lowest BCUT2D eigenvalue weighted by molar-refractivity contribution is 0.409. The second kappa shape index (κ2) is 6.20. The first kappa shape index (κ1) is 14.2. The first-order valence-electron chi connectivity index (χ1n) is 4.99. The van der Waals surface area contributed by atoms with Crippen LogP contribution >= 0.6 is 11.6 Å². The second-order valence-electron chi connectivity index (χ2n) is 3.35. The molecule has 0 aliphatic heterocycles. The van der Waals surface area contributed by atoms with E-state index in [0.717, 1.165) is 0 Å². The van der Waals surface area contributed by atoms with Gasteiger partial charge in [0, 0.05) is 23.7 Å². The van der Waals surface area contributed by atoms with E-state index in [1.54, 1.807) is 18.2 Å². The van der Waals surface area contributed by atoms with Gasteiger partial charge in [-0.1, -0.05) is 17.7 Å². The Labute approximate surface area is 106 Å². The van der Waals surface area contributed by atoms with Gasteiger partial charge < -0.3 is 10.5 Å². The first-order chi connectivity index (χ1) is 8.00. The minimum absolute atomic E-state index is 0.0784. The number of ether oxygens (including phenoxy) is 1. The van der Waals surface area contributed by atoms with E-state index in [1.807, 2.05) is 0 Å². The van der Waals surface area contributed by atoms with Crippen LogP contribution in [-0.2, 0) is 16.6 Å². The van der Waals surface area contributed by atoms with Gasteiger partial charge in [-0.05, 0) is 12.1 Å². The summed E-state index contributed by atoms with van der Waals surface area (Å²) in [6, 6.07) is 5.13. The molecule has 0 unspecified atom stereocenters. The molecule has 0 bridgehead atoms. The molecule has 0 atom stereocenters. The second-order valence-corrected chi connectivity index (χ2v) is 5.68. The number of nitrogens with two attached hydrogens (primary N) is 1. The van der Waals surface area contributed by atoms with E-state index in [4.69, 9.17) is 22.1 Å². The van der Waals surface area contributed by atoms with Crippen molar-refractivity contribution in [2.24, 2.45) is 5.73 Å². The summed E-state index contributed by atoms with van der Waals surface area (Å²) in [5.74, 6) is 0.438. The molecule has 0 spiro atoms. The molecule has 0 saturated carbocycles. The van der Waals surface area contributed by atoms with Crippen LogP contribution in [0.5, 0.6) is 5.75 Å². The molecule has 1 aromatic rings. The van der Waals surface area contributed by atoms with Crippen molar-refractivity contribution in [2.45, 2.75) is 6.54 Å². The smallest absolute Gasteiger partial charge is 0.213 e. The fraction of sp³-hybridized carbons (Fsp3) is 0.400. The number of hydrogen-bond acceptors (Lipinski definition) is 4. The molecule has 0 aliphatic rings. The number of methoxy groups -OCH3 is 1. The fourth-order valence-corrected chi connectivity index (χ4v) is 2.36. The number of nitrogens with one attached hydrogen (secondary N) is 1. The molecule has 5 nitrogen and oxygen atoms in total. The van der Waals surface area contributed by atoms with Crippen molar-refractivity contribution in [1.29, 1.82) is 0 Å². The molecule has 17 heavy (non-hydrogen) atoms. The molecule has 0 amide bonds. The quantitative estimate of drug-likeness (QED) is 0.804. The number of sulfonamides is 1. The zero-order chi connectivity index (χ0) is 12.9. The van der Waals surface area contributed by atoms with Crippen LogP contribution in [0.15, 0.2) is 18.2 Å². The highest BCUT2D eigenvalue weighted by Crippen LogP contribution is 2.25. The number of halogens is 1. The van der Waals surface area contributed by atoms with Gasteiger partial charge in [-0.25, -0.2) is 13.1 Å². The van der Waals surface area contributed by atoms with Gasteiger partial charge in [-0.15, -0.1) is 0 Å². The normalized spacial score (nSPS) is 11.5. The molecular formula is C10H15ClN2O3S. The third-order valence-electron chi connectivity index (χ3n) is 2.15. The summed E-state index contributed by atoms with van der Waals surface area (Å²) in [6.45, 7) is 0.167. The maximum absolute atomic E-state index is 11.4. The standard InChI is InChI=1S/C10H15ClN2O3S/c1-16-10-4-2-3-9(11)8(10)7-13-17(14,15)6-5-12/h2-4,13H,5-7,12H2,1H3. The first-order valence-corrected chi connectivity index (χ1v) is 7.02. The van der Waals surface area contributed by atoms with Gasteiger partial charge in [0.05, 0.1) is 12.9 Å². The van der Waals surface area contributed by atoms with Crippen molar-refractivity contribution in [2.75, 3.05) is 19.4 Å². The van der Waals surface area contributed by atoms with Crippen molar-refractivity contribution in [3.05, 3.63) is 28.8 Å². The van der Waals surface area contributed by atoms with E-state index in [9.17, 15) is 8.42 Å². The van der Waals surface area contributed by atoms with E-state index in [1.165, 1.54) is 7.11 Å². The highest BCUT2D eigenvalue weighted by atomic mass is 35.5. The van der Waals surface area contributed by atoms with Gasteiger partial charge in [-0.3, -0.25) is 0 Å². The summed E-state index contributed by atoms with van der Waals surface area (Å²) >= 11 is 5.97. The zero-order valence-corrected chi connectivity index (χ0v) is 11.0. The Kier molecular flexibility index (Phi) is 5.20. The SMILES string of the molecule is COc1cccc(Cl)c1CNS(=O)(=O)CCN. The summed E-state index contributed by atoms with van der Waals surface area (Å²) < 4.78 is 30.4. The molecule has 0 aromatic heterocycles. The Morgan fingerprint density at radius 2 is 2.18 bits per heavy atom. The third-order valence-corrected chi connectivity index (χ3v) is 3.86. The predicted molar refractivity (Wildman–Crippen MR) is 67.7 cm³/mol. The van der Waals surface area contributed by atoms with Gasteiger partial charge >= 0.3 is 0 Å². The van der Waals surface area contributed by atoms with E-state index >= 15 is 0 Å². The number of rotatable bonds is 6. The Morgan fingerprint density at radius 3 is 2.76 bits per heavy atom. The Hall–Kier alpha value is -0.820. The lowest BCUT2D eigenvalue weighted by Crippen LogP contribution is -2.29. The molecule has 3 N–H and O–H groups in total. The van der Waals surface area contributed by atoms with Crippen molar-refractivity contribution in [3.8, 4) is 5.75 Å². The van der Waals surface area contributed by atoms with Crippen LogP contribution in [-0.4, -0.2) is 27.8 Å². The zero-order valence-electron chi connectivity index (χ0n) is 9.44. The Bertz CT molecular complexity index is 476. The molecule has 0 aliphatic carbocycles. The topological polar surface area (TPSA) is 81.4 Å². The molecule has 1 rings (SSSR count). The highest BCUT2D eigenvalue weighted by Gasteiger charge is 2.12. The van der Waals surface area contributed by atoms with Gasteiger partial charge in [-0.2, -0.15) is 0 Å². The molecule has 0 fully saturated rings. The Morgan fingerprint density at radius 1 is 1.47 bits per heavy atom. The van der Waals surface area contributed by atoms with E-state index in [-0.39, 0.29) is 18.8 Å². The summed E-state index contributed by atoms with van der Waals surface area (Å²) in [5.41, 5.74) is 5.81. The maximum atomic E-state index is 11.4. The third kappa shape index (κ3) is 4.16. The van der Waals surface area contributed by atoms with E-state index < -0.39 is 10.0 Å². The summed E-state index contributed by atoms with van der Waals surface area (Å²) in [7, 11) is -1.86. The van der Waals surface area contributed by atoms with Gasteiger partial charge in [0.15, 0.2) is 0 Å². The molecule has 7 heteroatoms.